The van der Waals surface area contributed by atoms with E-state index in [2.05, 4.69) is 69.4 Å². The van der Waals surface area contributed by atoms with Crippen LogP contribution in [-0.4, -0.2) is 37.2 Å². The fourth-order valence-electron chi connectivity index (χ4n) is 11.0. The molecular weight excluding hydrogens is 997 g/mol. The largest absolute Gasteiger partial charge is 0.462 e. The Morgan fingerprint density at radius 3 is 0.753 bits per heavy atom. The van der Waals surface area contributed by atoms with Gasteiger partial charge in [0.25, 0.3) is 0 Å². The minimum absolute atomic E-state index is 0.0660. The quantitative estimate of drug-likeness (QED) is 0.0261. The van der Waals surface area contributed by atoms with Crippen molar-refractivity contribution in [3.05, 3.63) is 48.6 Å². The van der Waals surface area contributed by atoms with E-state index in [0.29, 0.717) is 19.3 Å². The van der Waals surface area contributed by atoms with Crippen LogP contribution in [0.1, 0.15) is 393 Å². The van der Waals surface area contributed by atoms with Gasteiger partial charge in [-0.15, -0.1) is 0 Å². The highest BCUT2D eigenvalue weighted by Crippen LogP contribution is 2.19. The van der Waals surface area contributed by atoms with Crippen molar-refractivity contribution in [3.8, 4) is 0 Å². The molecule has 0 amide bonds. The number of unbranched alkanes of at least 4 members (excludes halogenated alkanes) is 48. The fraction of sp³-hybridized carbons (Fsp3) is 0.853. The van der Waals surface area contributed by atoms with E-state index in [1.54, 1.807) is 0 Å². The van der Waals surface area contributed by atoms with Gasteiger partial charge in [-0.3, -0.25) is 14.4 Å². The van der Waals surface area contributed by atoms with Gasteiger partial charge in [-0.05, 0) is 57.8 Å². The summed E-state index contributed by atoms with van der Waals surface area (Å²) in [5, 5.41) is 0. The molecule has 0 aliphatic rings. The highest BCUT2D eigenvalue weighted by Gasteiger charge is 2.19. The van der Waals surface area contributed by atoms with Crippen LogP contribution in [0.3, 0.4) is 0 Å². The van der Waals surface area contributed by atoms with Crippen molar-refractivity contribution >= 4 is 17.9 Å². The first-order valence-corrected chi connectivity index (χ1v) is 36.1. The first-order chi connectivity index (χ1) is 40.0. The smallest absolute Gasteiger partial charge is 0.306 e. The first kappa shape index (κ1) is 78.4. The Morgan fingerprint density at radius 2 is 0.481 bits per heavy atom. The second kappa shape index (κ2) is 69.9. The summed E-state index contributed by atoms with van der Waals surface area (Å²) in [5.41, 5.74) is 0. The highest BCUT2D eigenvalue weighted by atomic mass is 16.6. The molecule has 474 valence electrons. The maximum Gasteiger partial charge on any atom is 0.306 e. The molecule has 0 aliphatic heterocycles. The lowest BCUT2D eigenvalue weighted by Crippen LogP contribution is -2.30. The normalized spacial score (nSPS) is 12.3. The van der Waals surface area contributed by atoms with Crippen molar-refractivity contribution in [1.82, 2.24) is 0 Å². The lowest BCUT2D eigenvalue weighted by molar-refractivity contribution is -0.167. The van der Waals surface area contributed by atoms with Crippen LogP contribution in [0.4, 0.5) is 0 Å². The summed E-state index contributed by atoms with van der Waals surface area (Å²) in [5.74, 6) is -0.836. The minimum Gasteiger partial charge on any atom is -0.462 e. The lowest BCUT2D eigenvalue weighted by atomic mass is 10.0. The monoisotopic (exact) mass is 1140 g/mol. The van der Waals surface area contributed by atoms with Crippen LogP contribution in [-0.2, 0) is 28.6 Å². The summed E-state index contributed by atoms with van der Waals surface area (Å²) in [4.78, 5) is 38.5. The number of hydrogen-bond acceptors (Lipinski definition) is 6. The molecule has 0 aromatic rings. The molecule has 0 aliphatic carbocycles. The molecule has 0 aromatic carbocycles. The summed E-state index contributed by atoms with van der Waals surface area (Å²) in [6, 6.07) is 0. The SMILES string of the molecule is CC/C=C\C/C=C\C/C=C\C/C=C\CCCCCCCCCCCCCCCCC(=O)OCC(COC(=O)CCCCCCCCCCCCCCC)OC(=O)CCCCCCCCCCCCCCCCCCCCCCCCC. The summed E-state index contributed by atoms with van der Waals surface area (Å²) < 4.78 is 17.0. The zero-order valence-corrected chi connectivity index (χ0v) is 54.6. The molecule has 0 spiro atoms. The Labute approximate surface area is 505 Å². The van der Waals surface area contributed by atoms with Crippen LogP contribution in [0, 0.1) is 0 Å². The third kappa shape index (κ3) is 68.0. The number of carbonyl (C=O) groups is 3. The van der Waals surface area contributed by atoms with Gasteiger partial charge < -0.3 is 14.2 Å². The zero-order valence-electron chi connectivity index (χ0n) is 54.6. The summed E-state index contributed by atoms with van der Waals surface area (Å²) in [6.45, 7) is 6.60. The van der Waals surface area contributed by atoms with E-state index in [9.17, 15) is 14.4 Å². The molecule has 0 saturated carbocycles. The average molecular weight is 1140 g/mol. The van der Waals surface area contributed by atoms with Crippen LogP contribution >= 0.6 is 0 Å². The first-order valence-electron chi connectivity index (χ1n) is 36.1. The number of esters is 3. The topological polar surface area (TPSA) is 78.9 Å². The predicted octanol–water partition coefficient (Wildman–Crippen LogP) is 24.9. The second-order valence-corrected chi connectivity index (χ2v) is 24.5. The van der Waals surface area contributed by atoms with E-state index in [4.69, 9.17) is 14.2 Å². The van der Waals surface area contributed by atoms with Crippen molar-refractivity contribution < 1.29 is 28.6 Å². The van der Waals surface area contributed by atoms with Crippen LogP contribution in [0.15, 0.2) is 48.6 Å². The summed E-state index contributed by atoms with van der Waals surface area (Å²) in [6.07, 6.45) is 88.6. The van der Waals surface area contributed by atoms with Gasteiger partial charge in [-0.25, -0.2) is 0 Å². The lowest BCUT2D eigenvalue weighted by Gasteiger charge is -2.18. The minimum atomic E-state index is -0.770. The molecule has 0 aromatic heterocycles. The van der Waals surface area contributed by atoms with Crippen LogP contribution in [0.5, 0.6) is 0 Å². The van der Waals surface area contributed by atoms with E-state index < -0.39 is 6.10 Å². The molecule has 6 nitrogen and oxygen atoms in total. The van der Waals surface area contributed by atoms with Gasteiger partial charge in [-0.2, -0.15) is 0 Å². The van der Waals surface area contributed by atoms with Gasteiger partial charge in [0.1, 0.15) is 13.2 Å². The third-order valence-electron chi connectivity index (χ3n) is 16.3. The van der Waals surface area contributed by atoms with E-state index in [1.165, 1.54) is 270 Å². The Bertz CT molecular complexity index is 1400. The summed E-state index contributed by atoms with van der Waals surface area (Å²) in [7, 11) is 0. The Hall–Kier alpha value is -2.63. The molecule has 0 radical (unpaired) electrons. The third-order valence-corrected chi connectivity index (χ3v) is 16.3. The molecular formula is C75H138O6. The molecule has 0 N–H and O–H groups in total. The number of allylic oxidation sites excluding steroid dienone is 8. The molecule has 0 fully saturated rings. The van der Waals surface area contributed by atoms with Gasteiger partial charge in [-0.1, -0.05) is 365 Å². The maximum absolute atomic E-state index is 13.0. The molecule has 1 unspecified atom stereocenters. The molecule has 1 atom stereocenters. The molecule has 81 heavy (non-hydrogen) atoms. The van der Waals surface area contributed by atoms with Gasteiger partial charge in [0.05, 0.1) is 0 Å². The second-order valence-electron chi connectivity index (χ2n) is 24.5. The zero-order chi connectivity index (χ0) is 58.5. The van der Waals surface area contributed by atoms with Gasteiger partial charge in [0, 0.05) is 19.3 Å². The molecule has 0 bridgehead atoms. The Morgan fingerprint density at radius 1 is 0.259 bits per heavy atom. The number of hydrogen-bond donors (Lipinski definition) is 0. The summed E-state index contributed by atoms with van der Waals surface area (Å²) >= 11 is 0. The molecule has 0 rings (SSSR count). The highest BCUT2D eigenvalue weighted by molar-refractivity contribution is 5.71. The van der Waals surface area contributed by atoms with Crippen LogP contribution < -0.4 is 0 Å². The van der Waals surface area contributed by atoms with Crippen LogP contribution in [0.2, 0.25) is 0 Å². The van der Waals surface area contributed by atoms with E-state index >= 15 is 0 Å². The number of carbonyl (C=O) groups excluding carboxylic acids is 3. The molecule has 0 saturated heterocycles. The standard InChI is InChI=1S/C75H138O6/c1-4-7-10-13-16-19-22-25-27-29-31-33-35-36-37-38-40-41-43-45-47-50-53-56-59-62-65-68-74(77)80-71-72(70-79-73(76)67-64-61-58-55-52-49-24-21-18-15-12-9-6-3)81-75(78)69-66-63-60-57-54-51-48-46-44-42-39-34-32-30-28-26-23-20-17-14-11-8-5-2/h7,10,16,19,25,27,31,33,72H,4-6,8-9,11-15,17-18,20-24,26,28-30,32,34-71H2,1-3H3/b10-7-,19-16-,27-25-,33-31-. The van der Waals surface area contributed by atoms with E-state index in [1.807, 2.05) is 0 Å². The van der Waals surface area contributed by atoms with E-state index in [-0.39, 0.29) is 31.1 Å². The van der Waals surface area contributed by atoms with Crippen molar-refractivity contribution in [2.24, 2.45) is 0 Å². The van der Waals surface area contributed by atoms with Crippen molar-refractivity contribution in [1.29, 1.82) is 0 Å². The number of ether oxygens (including phenoxy) is 3. The van der Waals surface area contributed by atoms with Gasteiger partial charge in [0.2, 0.25) is 0 Å². The Balaban J connectivity index is 4.21. The average Bonchev–Trinajstić information content (AvgIpc) is 3.46. The predicted molar refractivity (Wildman–Crippen MR) is 353 cm³/mol. The van der Waals surface area contributed by atoms with E-state index in [0.717, 1.165) is 83.5 Å². The van der Waals surface area contributed by atoms with Crippen molar-refractivity contribution in [2.45, 2.75) is 399 Å². The van der Waals surface area contributed by atoms with Crippen molar-refractivity contribution in [2.75, 3.05) is 13.2 Å². The van der Waals surface area contributed by atoms with Gasteiger partial charge >= 0.3 is 17.9 Å². The Kier molecular flexibility index (Phi) is 67.6. The van der Waals surface area contributed by atoms with Crippen LogP contribution in [0.25, 0.3) is 0 Å². The molecule has 0 heterocycles. The van der Waals surface area contributed by atoms with Gasteiger partial charge in [0.15, 0.2) is 6.10 Å². The molecule has 6 heteroatoms. The fourth-order valence-corrected chi connectivity index (χ4v) is 11.0. The maximum atomic E-state index is 13.0. The number of rotatable bonds is 67. The van der Waals surface area contributed by atoms with Crippen molar-refractivity contribution in [3.63, 3.8) is 0 Å².